The summed E-state index contributed by atoms with van der Waals surface area (Å²) in [6, 6.07) is 0. The van der Waals surface area contributed by atoms with Gasteiger partial charge in [0.2, 0.25) is 0 Å². The summed E-state index contributed by atoms with van der Waals surface area (Å²) in [6.45, 7) is 30.5. The quantitative estimate of drug-likeness (QED) is 0.194. The molecule has 0 saturated heterocycles. The highest BCUT2D eigenvalue weighted by atomic mass is 31.1. The zero-order valence-corrected chi connectivity index (χ0v) is 25.0. The Morgan fingerprint density at radius 2 is 1.00 bits per heavy atom. The topological polar surface area (TPSA) is 52.6 Å². The molecule has 0 amide bonds. The smallest absolute Gasteiger partial charge is 0.343 e. The molecule has 1 aromatic carbocycles. The first-order chi connectivity index (χ1) is 13.9. The standard InChI is InChI=1S/C26H45O4PSi/c1-23(2,3)16-17(24(4,5)6)18(16)31-19(21(27)29-25(7,8)9)20(32(13,14)15)22(28)30-26(10,11)12/h1-15H3/b20-19-. The Kier molecular flexibility index (Phi) is 7.99. The van der Waals surface area contributed by atoms with Crippen molar-refractivity contribution in [3.63, 3.8) is 0 Å². The summed E-state index contributed by atoms with van der Waals surface area (Å²) in [5.41, 5.74) is 1.23. The van der Waals surface area contributed by atoms with E-state index in [0.29, 0.717) is 10.5 Å². The normalized spacial score (nSPS) is 15.1. The maximum absolute atomic E-state index is 13.5. The highest BCUT2D eigenvalue weighted by Crippen LogP contribution is 2.48. The van der Waals surface area contributed by atoms with E-state index in [0.717, 1.165) is 13.1 Å². The van der Waals surface area contributed by atoms with Crippen molar-refractivity contribution < 1.29 is 19.1 Å². The minimum atomic E-state index is -2.26. The fourth-order valence-electron chi connectivity index (χ4n) is 3.48. The van der Waals surface area contributed by atoms with Gasteiger partial charge in [-0.1, -0.05) is 69.4 Å². The first-order valence-electron chi connectivity index (χ1n) is 11.4. The number of ether oxygens (including phenoxy) is 2. The van der Waals surface area contributed by atoms with Gasteiger partial charge in [0.25, 0.3) is 0 Å². The summed E-state index contributed by atoms with van der Waals surface area (Å²) in [5, 5.41) is 0.952. The Bertz CT molecular complexity index is 894. The van der Waals surface area contributed by atoms with Crippen molar-refractivity contribution in [1.82, 2.24) is 0 Å². The molecule has 182 valence electrons. The molecule has 0 aliphatic carbocycles. The molecule has 0 atom stereocenters. The Morgan fingerprint density at radius 3 is 1.28 bits per heavy atom. The second kappa shape index (κ2) is 8.87. The summed E-state index contributed by atoms with van der Waals surface area (Å²) < 4.78 is 11.6. The van der Waals surface area contributed by atoms with Gasteiger partial charge in [0, 0.05) is 10.1 Å². The molecule has 0 spiro atoms. The van der Waals surface area contributed by atoms with Crippen LogP contribution in [0.25, 0.3) is 0 Å². The van der Waals surface area contributed by atoms with Gasteiger partial charge < -0.3 is 9.47 Å². The monoisotopic (exact) mass is 480 g/mol. The van der Waals surface area contributed by atoms with E-state index >= 15 is 0 Å². The van der Waals surface area contributed by atoms with Crippen molar-refractivity contribution in [1.29, 1.82) is 0 Å². The lowest BCUT2D eigenvalue weighted by atomic mass is 9.86. The molecule has 1 aromatic rings. The molecule has 6 heteroatoms. The minimum absolute atomic E-state index is 0.0325. The average molecular weight is 481 g/mol. The van der Waals surface area contributed by atoms with E-state index in [1.807, 2.05) is 41.5 Å². The van der Waals surface area contributed by atoms with E-state index in [1.54, 1.807) is 0 Å². The van der Waals surface area contributed by atoms with Crippen molar-refractivity contribution in [2.24, 2.45) is 0 Å². The Hall–Kier alpha value is -1.19. The largest absolute Gasteiger partial charge is 0.457 e. The molecular formula is C26H45O4PSi. The second-order valence-corrected chi connectivity index (χ2v) is 19.8. The Labute approximate surface area is 198 Å². The summed E-state index contributed by atoms with van der Waals surface area (Å²) >= 11 is 0. The number of hydrogen-bond acceptors (Lipinski definition) is 4. The van der Waals surface area contributed by atoms with Crippen LogP contribution in [-0.2, 0) is 29.9 Å². The fraction of sp³-hybridized carbons (Fsp3) is 0.731. The predicted molar refractivity (Wildman–Crippen MR) is 138 cm³/mol. The lowest BCUT2D eigenvalue weighted by Gasteiger charge is -2.27. The SMILES string of the molecule is CC(C)(C)OC(=O)/C(P=c1c(C(C)(C)C)c1C(C)(C)C)=C(\C(=O)OC(C)(C)C)[Si](C)(C)C. The zero-order valence-electron chi connectivity index (χ0n) is 23.1. The first-order valence-corrected chi connectivity index (χ1v) is 15.8. The van der Waals surface area contributed by atoms with Gasteiger partial charge in [0.15, 0.2) is 0 Å². The van der Waals surface area contributed by atoms with Crippen LogP contribution in [-0.4, -0.2) is 31.2 Å². The zero-order chi connectivity index (χ0) is 25.7. The molecule has 0 heterocycles. The van der Waals surface area contributed by atoms with E-state index in [4.69, 9.17) is 9.47 Å². The molecule has 0 aromatic heterocycles. The highest BCUT2D eigenvalue weighted by Gasteiger charge is 2.39. The average Bonchev–Trinajstić information content (AvgIpc) is 3.15. The van der Waals surface area contributed by atoms with Gasteiger partial charge in [-0.3, -0.25) is 0 Å². The van der Waals surface area contributed by atoms with E-state index in [1.165, 1.54) is 11.1 Å². The molecule has 0 aliphatic heterocycles. The summed E-state index contributed by atoms with van der Waals surface area (Å²) in [4.78, 5) is 28.0. The van der Waals surface area contributed by atoms with Crippen LogP contribution >= 0.6 is 8.20 Å². The lowest BCUT2D eigenvalue weighted by Crippen LogP contribution is -2.37. The van der Waals surface area contributed by atoms with Gasteiger partial charge in [-0.2, -0.15) is 0 Å². The second-order valence-electron chi connectivity index (χ2n) is 13.7. The van der Waals surface area contributed by atoms with Gasteiger partial charge in [0.05, 0.1) is 13.4 Å². The first kappa shape index (κ1) is 28.8. The number of carbonyl (C=O) groups is 2. The number of rotatable bonds is 4. The van der Waals surface area contributed by atoms with Gasteiger partial charge >= 0.3 is 11.9 Å². The van der Waals surface area contributed by atoms with E-state index in [-0.39, 0.29) is 10.8 Å². The molecule has 0 radical (unpaired) electrons. The van der Waals surface area contributed by atoms with Crippen molar-refractivity contribution in [3.05, 3.63) is 26.6 Å². The van der Waals surface area contributed by atoms with Crippen LogP contribution in [0.2, 0.25) is 19.6 Å². The number of carbonyl (C=O) groups excluding carboxylic acids is 2. The lowest BCUT2D eigenvalue weighted by molar-refractivity contribution is -0.152. The van der Waals surface area contributed by atoms with Crippen LogP contribution in [0.4, 0.5) is 0 Å². The van der Waals surface area contributed by atoms with Crippen LogP contribution in [0.5, 0.6) is 0 Å². The minimum Gasteiger partial charge on any atom is -0.457 e. The van der Waals surface area contributed by atoms with Crippen LogP contribution in [0.3, 0.4) is 0 Å². The molecular weight excluding hydrogens is 435 g/mol. The molecule has 32 heavy (non-hydrogen) atoms. The van der Waals surface area contributed by atoms with Gasteiger partial charge in [-0.25, -0.2) is 9.59 Å². The van der Waals surface area contributed by atoms with Crippen molar-refractivity contribution in [2.75, 3.05) is 0 Å². The third-order valence-corrected chi connectivity index (χ3v) is 8.03. The molecule has 0 N–H and O–H groups in total. The third kappa shape index (κ3) is 7.99. The molecule has 1 rings (SSSR count). The number of hydrogen-bond donors (Lipinski definition) is 0. The molecule has 0 saturated carbocycles. The third-order valence-electron chi connectivity index (χ3n) is 4.57. The van der Waals surface area contributed by atoms with Crippen LogP contribution in [0.15, 0.2) is 10.5 Å². The molecule has 4 nitrogen and oxygen atoms in total. The number of esters is 2. The summed E-state index contributed by atoms with van der Waals surface area (Å²) in [6.07, 6.45) is 0. The predicted octanol–water partition coefficient (Wildman–Crippen LogP) is 7.45. The maximum atomic E-state index is 13.5. The van der Waals surface area contributed by atoms with Gasteiger partial charge in [-0.05, 0) is 63.5 Å². The van der Waals surface area contributed by atoms with Crippen molar-refractivity contribution in [3.8, 4) is 0 Å². The molecule has 0 fully saturated rings. The van der Waals surface area contributed by atoms with Crippen LogP contribution in [0.1, 0.15) is 94.2 Å². The van der Waals surface area contributed by atoms with Crippen LogP contribution < -0.4 is 0 Å². The molecule has 0 unspecified atom stereocenters. The van der Waals surface area contributed by atoms with E-state index in [9.17, 15) is 9.59 Å². The molecule has 0 aliphatic rings. The fourth-order valence-corrected chi connectivity index (χ4v) is 7.75. The van der Waals surface area contributed by atoms with Crippen molar-refractivity contribution in [2.45, 2.75) is 125 Å². The Morgan fingerprint density at radius 1 is 0.656 bits per heavy atom. The Balaban J connectivity index is 3.98. The van der Waals surface area contributed by atoms with E-state index < -0.39 is 31.2 Å². The van der Waals surface area contributed by atoms with Crippen molar-refractivity contribution >= 4 is 28.2 Å². The summed E-state index contributed by atoms with van der Waals surface area (Å²) in [5.74, 6) is -0.829. The van der Waals surface area contributed by atoms with E-state index in [2.05, 4.69) is 61.2 Å². The highest BCUT2D eigenvalue weighted by molar-refractivity contribution is 7.37. The maximum Gasteiger partial charge on any atom is 0.343 e. The van der Waals surface area contributed by atoms with Crippen LogP contribution in [0, 0.1) is 4.94 Å². The van der Waals surface area contributed by atoms with Gasteiger partial charge in [0.1, 0.15) is 11.2 Å². The van der Waals surface area contributed by atoms with Gasteiger partial charge in [-0.15, -0.1) is 0 Å². The summed E-state index contributed by atoms with van der Waals surface area (Å²) in [7, 11) is -1.52. The molecule has 0 bridgehead atoms.